The molecule has 4 heteroatoms. The maximum absolute atomic E-state index is 5.92. The first-order chi connectivity index (χ1) is 7.61. The number of hydrogen-bond acceptors (Lipinski definition) is 2. The number of nitrogens with zero attached hydrogens (tertiary/aromatic N) is 2. The third-order valence-corrected chi connectivity index (χ3v) is 2.86. The lowest BCUT2D eigenvalue weighted by atomic mass is 10.2. The summed E-state index contributed by atoms with van der Waals surface area (Å²) in [5, 5.41) is 5.18. The highest BCUT2D eigenvalue weighted by Gasteiger charge is 2.06. The number of hydrogen-bond donors (Lipinski definition) is 1. The average Bonchev–Trinajstić information content (AvgIpc) is 2.59. The highest BCUT2D eigenvalue weighted by molar-refractivity contribution is 6.30. The quantitative estimate of drug-likeness (QED) is 0.870. The van der Waals surface area contributed by atoms with Crippen LogP contribution < -0.4 is 5.73 Å². The minimum Gasteiger partial charge on any atom is -0.326 e. The Morgan fingerprint density at radius 2 is 2.12 bits per heavy atom. The lowest BCUT2D eigenvalue weighted by Gasteiger charge is -2.05. The zero-order valence-corrected chi connectivity index (χ0v) is 10.1. The number of aryl methyl sites for hydroxylation is 2. The van der Waals surface area contributed by atoms with E-state index in [0.717, 1.165) is 27.5 Å². The molecule has 1 aromatic carbocycles. The topological polar surface area (TPSA) is 43.8 Å². The van der Waals surface area contributed by atoms with E-state index in [2.05, 4.69) is 5.10 Å². The van der Waals surface area contributed by atoms with Crippen LogP contribution in [0, 0.1) is 13.8 Å². The summed E-state index contributed by atoms with van der Waals surface area (Å²) in [4.78, 5) is 0. The molecular formula is C12H14ClN3. The first kappa shape index (κ1) is 11.2. The molecule has 0 unspecified atom stereocenters. The molecule has 0 aliphatic rings. The molecule has 2 N–H and O–H groups in total. The van der Waals surface area contributed by atoms with E-state index in [1.165, 1.54) is 0 Å². The molecule has 0 saturated carbocycles. The average molecular weight is 236 g/mol. The minimum absolute atomic E-state index is 0.512. The van der Waals surface area contributed by atoms with E-state index in [9.17, 15) is 0 Å². The van der Waals surface area contributed by atoms with Gasteiger partial charge in [-0.3, -0.25) is 0 Å². The predicted molar refractivity (Wildman–Crippen MR) is 65.9 cm³/mol. The van der Waals surface area contributed by atoms with E-state index in [1.807, 2.05) is 42.9 Å². The van der Waals surface area contributed by atoms with Gasteiger partial charge in [0.25, 0.3) is 0 Å². The second-order valence-corrected chi connectivity index (χ2v) is 4.26. The van der Waals surface area contributed by atoms with E-state index in [4.69, 9.17) is 17.3 Å². The summed E-state index contributed by atoms with van der Waals surface area (Å²) in [6, 6.07) is 5.75. The molecule has 0 saturated heterocycles. The fraction of sp³-hybridized carbons (Fsp3) is 0.250. The van der Waals surface area contributed by atoms with Crippen molar-refractivity contribution >= 4 is 11.6 Å². The summed E-state index contributed by atoms with van der Waals surface area (Å²) in [6.45, 7) is 4.49. The molecule has 0 fully saturated rings. The molecule has 0 aliphatic heterocycles. The van der Waals surface area contributed by atoms with Crippen LogP contribution in [-0.2, 0) is 6.54 Å². The van der Waals surface area contributed by atoms with Crippen LogP contribution in [0.25, 0.3) is 5.69 Å². The van der Waals surface area contributed by atoms with Crippen molar-refractivity contribution < 1.29 is 0 Å². The van der Waals surface area contributed by atoms with E-state index in [-0.39, 0.29) is 0 Å². The van der Waals surface area contributed by atoms with Gasteiger partial charge in [-0.1, -0.05) is 11.6 Å². The van der Waals surface area contributed by atoms with Crippen LogP contribution >= 0.6 is 11.6 Å². The van der Waals surface area contributed by atoms with Crippen molar-refractivity contribution in [3.05, 3.63) is 46.2 Å². The highest BCUT2D eigenvalue weighted by Crippen LogP contribution is 2.19. The Balaban J connectivity index is 2.50. The maximum atomic E-state index is 5.92. The molecule has 16 heavy (non-hydrogen) atoms. The largest absolute Gasteiger partial charge is 0.326 e. The van der Waals surface area contributed by atoms with Gasteiger partial charge in [0.1, 0.15) is 0 Å². The summed E-state index contributed by atoms with van der Waals surface area (Å²) in [5.74, 6) is 0. The maximum Gasteiger partial charge on any atom is 0.0675 e. The predicted octanol–water partition coefficient (Wildman–Crippen LogP) is 2.60. The van der Waals surface area contributed by atoms with Crippen LogP contribution in [0.5, 0.6) is 0 Å². The molecule has 84 valence electrons. The van der Waals surface area contributed by atoms with Crippen LogP contribution in [0.3, 0.4) is 0 Å². The molecule has 0 radical (unpaired) electrons. The molecule has 0 aliphatic carbocycles. The first-order valence-corrected chi connectivity index (χ1v) is 5.51. The fourth-order valence-electron chi connectivity index (χ4n) is 1.70. The summed E-state index contributed by atoms with van der Waals surface area (Å²) in [5.41, 5.74) is 9.79. The zero-order valence-electron chi connectivity index (χ0n) is 9.37. The third kappa shape index (κ3) is 1.96. The van der Waals surface area contributed by atoms with Crippen molar-refractivity contribution in [3.63, 3.8) is 0 Å². The van der Waals surface area contributed by atoms with Crippen LogP contribution in [0.4, 0.5) is 0 Å². The normalized spacial score (nSPS) is 10.8. The molecule has 3 nitrogen and oxygen atoms in total. The minimum atomic E-state index is 0.512. The molecule has 0 amide bonds. The zero-order chi connectivity index (χ0) is 11.7. The summed E-state index contributed by atoms with van der Waals surface area (Å²) in [7, 11) is 0. The van der Waals surface area contributed by atoms with Crippen LogP contribution in [0.2, 0.25) is 5.02 Å². The van der Waals surface area contributed by atoms with Crippen molar-refractivity contribution in [1.29, 1.82) is 0 Å². The van der Waals surface area contributed by atoms with Crippen LogP contribution in [0.1, 0.15) is 16.8 Å². The van der Waals surface area contributed by atoms with Gasteiger partial charge in [0.05, 0.1) is 11.4 Å². The lowest BCUT2D eigenvalue weighted by Crippen LogP contribution is -1.97. The van der Waals surface area contributed by atoms with E-state index >= 15 is 0 Å². The molecule has 0 spiro atoms. The lowest BCUT2D eigenvalue weighted by molar-refractivity contribution is 0.856. The van der Waals surface area contributed by atoms with Gasteiger partial charge in [-0.15, -0.1) is 0 Å². The second kappa shape index (κ2) is 4.28. The van der Waals surface area contributed by atoms with Gasteiger partial charge in [-0.2, -0.15) is 5.10 Å². The Morgan fingerprint density at radius 1 is 1.38 bits per heavy atom. The SMILES string of the molecule is Cc1cc(Cl)ccc1-n1cc(CN)c(C)n1. The highest BCUT2D eigenvalue weighted by atomic mass is 35.5. The Bertz CT molecular complexity index is 517. The Kier molecular flexibility index (Phi) is 2.99. The third-order valence-electron chi connectivity index (χ3n) is 2.63. The van der Waals surface area contributed by atoms with Crippen molar-refractivity contribution in [2.75, 3.05) is 0 Å². The van der Waals surface area contributed by atoms with E-state index < -0.39 is 0 Å². The van der Waals surface area contributed by atoms with Gasteiger partial charge in [0.2, 0.25) is 0 Å². The molecule has 0 bridgehead atoms. The number of aromatic nitrogens is 2. The molecular weight excluding hydrogens is 222 g/mol. The number of nitrogens with two attached hydrogens (primary N) is 1. The Labute approximate surface area is 99.8 Å². The van der Waals surface area contributed by atoms with Gasteiger partial charge >= 0.3 is 0 Å². The van der Waals surface area contributed by atoms with E-state index in [0.29, 0.717) is 6.54 Å². The van der Waals surface area contributed by atoms with Gasteiger partial charge in [-0.05, 0) is 37.6 Å². The van der Waals surface area contributed by atoms with Crippen molar-refractivity contribution in [2.45, 2.75) is 20.4 Å². The van der Waals surface area contributed by atoms with Crippen LogP contribution in [0.15, 0.2) is 24.4 Å². The number of benzene rings is 1. The molecule has 0 atom stereocenters. The summed E-state index contributed by atoms with van der Waals surface area (Å²) in [6.07, 6.45) is 1.96. The van der Waals surface area contributed by atoms with Gasteiger partial charge in [-0.25, -0.2) is 4.68 Å². The van der Waals surface area contributed by atoms with Gasteiger partial charge < -0.3 is 5.73 Å². The monoisotopic (exact) mass is 235 g/mol. The molecule has 2 rings (SSSR count). The van der Waals surface area contributed by atoms with E-state index in [1.54, 1.807) is 0 Å². The molecule has 1 heterocycles. The first-order valence-electron chi connectivity index (χ1n) is 5.13. The number of halogens is 1. The molecule has 1 aromatic heterocycles. The van der Waals surface area contributed by atoms with Crippen LogP contribution in [-0.4, -0.2) is 9.78 Å². The Morgan fingerprint density at radius 3 is 2.69 bits per heavy atom. The second-order valence-electron chi connectivity index (χ2n) is 3.82. The summed E-state index contributed by atoms with van der Waals surface area (Å²) >= 11 is 5.92. The van der Waals surface area contributed by atoms with Gasteiger partial charge in [0.15, 0.2) is 0 Å². The standard InChI is InChI=1S/C12H14ClN3/c1-8-5-11(13)3-4-12(8)16-7-10(6-14)9(2)15-16/h3-5,7H,6,14H2,1-2H3. The van der Waals surface area contributed by atoms with Gasteiger partial charge in [0, 0.05) is 23.3 Å². The van der Waals surface area contributed by atoms with Crippen molar-refractivity contribution in [1.82, 2.24) is 9.78 Å². The number of rotatable bonds is 2. The molecule has 2 aromatic rings. The van der Waals surface area contributed by atoms with Crippen molar-refractivity contribution in [2.24, 2.45) is 5.73 Å². The fourth-order valence-corrected chi connectivity index (χ4v) is 1.92. The smallest absolute Gasteiger partial charge is 0.0675 e. The summed E-state index contributed by atoms with van der Waals surface area (Å²) < 4.78 is 1.85. The Hall–Kier alpha value is -1.32. The van der Waals surface area contributed by atoms with Crippen molar-refractivity contribution in [3.8, 4) is 5.69 Å².